The molecule has 1 heterocycles. The highest BCUT2D eigenvalue weighted by Crippen LogP contribution is 2.39. The number of carbonyl (C=O) groups is 1. The van der Waals surface area contributed by atoms with Crippen LogP contribution in [0.25, 0.3) is 0 Å². The van der Waals surface area contributed by atoms with Gasteiger partial charge in [-0.05, 0) is 23.1 Å². The summed E-state index contributed by atoms with van der Waals surface area (Å²) >= 11 is 0. The first kappa shape index (κ1) is 14.2. The van der Waals surface area contributed by atoms with Gasteiger partial charge in [-0.1, -0.05) is 32.9 Å². The fourth-order valence-corrected chi connectivity index (χ4v) is 2.26. The molecule has 1 unspecified atom stereocenters. The molecule has 2 rings (SSSR count). The monoisotopic (exact) mass is 274 g/mol. The molecule has 2 aromatic rings. The Labute approximate surface area is 117 Å². The first-order valence-corrected chi connectivity index (χ1v) is 6.42. The molecule has 0 amide bonds. The van der Waals surface area contributed by atoms with Gasteiger partial charge in [0.05, 0.1) is 11.5 Å². The summed E-state index contributed by atoms with van der Waals surface area (Å²) in [5.74, 6) is 0.0681. The maximum atomic E-state index is 10.9. The van der Waals surface area contributed by atoms with E-state index in [2.05, 4.69) is 31.0 Å². The third kappa shape index (κ3) is 2.87. The Kier molecular flexibility index (Phi) is 3.61. The molecule has 1 N–H and O–H groups in total. The highest BCUT2D eigenvalue weighted by molar-refractivity contribution is 5.87. The highest BCUT2D eigenvalue weighted by atomic mass is 16.4. The number of nitrogens with zero attached hydrogens (tertiary/aromatic N) is 2. The minimum absolute atomic E-state index is 0.0773. The second-order valence-corrected chi connectivity index (χ2v) is 5.89. The van der Waals surface area contributed by atoms with E-state index in [0.717, 1.165) is 5.56 Å². The third-order valence-electron chi connectivity index (χ3n) is 3.15. The maximum absolute atomic E-state index is 10.9. The Morgan fingerprint density at radius 1 is 1.20 bits per heavy atom. The van der Waals surface area contributed by atoms with Crippen molar-refractivity contribution >= 4 is 5.97 Å². The number of aromatic nitrogens is 2. The molecule has 0 aliphatic heterocycles. The Morgan fingerprint density at radius 3 is 2.20 bits per heavy atom. The number of aryl methyl sites for hydroxylation is 1. The topological polar surface area (TPSA) is 76.2 Å². The molecule has 1 atom stereocenters. The SMILES string of the molecule is Cc1nnc(C(c2ccc(C(=O)O)cc2)C(C)(C)C)o1. The van der Waals surface area contributed by atoms with E-state index in [1.807, 2.05) is 0 Å². The van der Waals surface area contributed by atoms with E-state index < -0.39 is 5.97 Å². The van der Waals surface area contributed by atoms with Crippen LogP contribution in [0.3, 0.4) is 0 Å². The largest absolute Gasteiger partial charge is 0.478 e. The van der Waals surface area contributed by atoms with Crippen LogP contribution < -0.4 is 0 Å². The van der Waals surface area contributed by atoms with Gasteiger partial charge in [0.15, 0.2) is 0 Å². The minimum atomic E-state index is -0.933. The number of carboxylic acid groups (broad SMARTS) is 1. The minimum Gasteiger partial charge on any atom is -0.478 e. The summed E-state index contributed by atoms with van der Waals surface area (Å²) in [5, 5.41) is 16.9. The average molecular weight is 274 g/mol. The molecule has 0 saturated heterocycles. The third-order valence-corrected chi connectivity index (χ3v) is 3.15. The van der Waals surface area contributed by atoms with Crippen LogP contribution in [0.15, 0.2) is 28.7 Å². The van der Waals surface area contributed by atoms with Gasteiger partial charge in [-0.2, -0.15) is 0 Å². The Bertz CT molecular complexity index is 609. The van der Waals surface area contributed by atoms with Crippen molar-refractivity contribution < 1.29 is 14.3 Å². The summed E-state index contributed by atoms with van der Waals surface area (Å²) in [7, 11) is 0. The van der Waals surface area contributed by atoms with Crippen LogP contribution in [0.2, 0.25) is 0 Å². The number of benzene rings is 1. The van der Waals surface area contributed by atoms with Crippen molar-refractivity contribution in [1.29, 1.82) is 0 Å². The first-order chi connectivity index (χ1) is 9.29. The number of carboxylic acids is 1. The number of rotatable bonds is 3. The number of aromatic carboxylic acids is 1. The molecule has 5 nitrogen and oxygen atoms in total. The lowest BCUT2D eigenvalue weighted by Crippen LogP contribution is -2.20. The van der Waals surface area contributed by atoms with Gasteiger partial charge in [0.2, 0.25) is 11.8 Å². The van der Waals surface area contributed by atoms with E-state index in [-0.39, 0.29) is 16.9 Å². The summed E-state index contributed by atoms with van der Waals surface area (Å²) < 4.78 is 5.57. The van der Waals surface area contributed by atoms with Crippen molar-refractivity contribution in [3.63, 3.8) is 0 Å². The van der Waals surface area contributed by atoms with Crippen molar-refractivity contribution in [2.75, 3.05) is 0 Å². The first-order valence-electron chi connectivity index (χ1n) is 6.42. The Balaban J connectivity index is 2.44. The summed E-state index contributed by atoms with van der Waals surface area (Å²) in [5.41, 5.74) is 1.11. The molecule has 1 aromatic heterocycles. The van der Waals surface area contributed by atoms with Crippen LogP contribution in [0, 0.1) is 12.3 Å². The predicted molar refractivity (Wildman–Crippen MR) is 73.7 cm³/mol. The zero-order valence-corrected chi connectivity index (χ0v) is 12.0. The molecule has 106 valence electrons. The average Bonchev–Trinajstić information content (AvgIpc) is 2.74. The molecule has 5 heteroatoms. The van der Waals surface area contributed by atoms with Crippen LogP contribution >= 0.6 is 0 Å². The van der Waals surface area contributed by atoms with Gasteiger partial charge in [-0.15, -0.1) is 10.2 Å². The maximum Gasteiger partial charge on any atom is 0.335 e. The summed E-state index contributed by atoms with van der Waals surface area (Å²) in [6.45, 7) is 8.01. The van der Waals surface area contributed by atoms with Gasteiger partial charge < -0.3 is 9.52 Å². The zero-order chi connectivity index (χ0) is 14.9. The molecular formula is C15H18N2O3. The molecule has 0 saturated carbocycles. The van der Waals surface area contributed by atoms with Crippen LogP contribution in [-0.4, -0.2) is 21.3 Å². The van der Waals surface area contributed by atoms with Gasteiger partial charge in [0.1, 0.15) is 0 Å². The van der Waals surface area contributed by atoms with E-state index in [0.29, 0.717) is 11.8 Å². The summed E-state index contributed by atoms with van der Waals surface area (Å²) in [4.78, 5) is 10.9. The molecule has 1 aromatic carbocycles. The van der Waals surface area contributed by atoms with Crippen molar-refractivity contribution in [2.45, 2.75) is 33.6 Å². The second kappa shape index (κ2) is 5.07. The fraction of sp³-hybridized carbons (Fsp3) is 0.400. The van der Waals surface area contributed by atoms with Gasteiger partial charge in [-0.3, -0.25) is 0 Å². The Morgan fingerprint density at radius 2 is 1.80 bits per heavy atom. The van der Waals surface area contributed by atoms with Gasteiger partial charge in [0, 0.05) is 6.92 Å². The van der Waals surface area contributed by atoms with E-state index in [1.54, 1.807) is 31.2 Å². The molecule has 0 bridgehead atoms. The van der Waals surface area contributed by atoms with E-state index in [9.17, 15) is 4.79 Å². The van der Waals surface area contributed by atoms with Gasteiger partial charge in [0.25, 0.3) is 0 Å². The van der Waals surface area contributed by atoms with Crippen LogP contribution in [-0.2, 0) is 0 Å². The fourth-order valence-electron chi connectivity index (χ4n) is 2.26. The zero-order valence-electron chi connectivity index (χ0n) is 12.0. The van der Waals surface area contributed by atoms with E-state index in [4.69, 9.17) is 9.52 Å². The van der Waals surface area contributed by atoms with Crippen LogP contribution in [0.4, 0.5) is 0 Å². The molecule has 20 heavy (non-hydrogen) atoms. The highest BCUT2D eigenvalue weighted by Gasteiger charge is 2.32. The standard InChI is InChI=1S/C15H18N2O3/c1-9-16-17-13(20-9)12(15(2,3)4)10-5-7-11(8-6-10)14(18)19/h5-8,12H,1-4H3,(H,18,19). The smallest absolute Gasteiger partial charge is 0.335 e. The van der Waals surface area contributed by atoms with Crippen LogP contribution in [0.1, 0.15) is 54.4 Å². The molecule has 0 spiro atoms. The lowest BCUT2D eigenvalue weighted by atomic mass is 9.76. The quantitative estimate of drug-likeness (QED) is 0.929. The molecule has 0 fully saturated rings. The lowest BCUT2D eigenvalue weighted by Gasteiger charge is -2.28. The predicted octanol–water partition coefficient (Wildman–Crippen LogP) is 3.25. The van der Waals surface area contributed by atoms with Crippen molar-refractivity contribution in [3.05, 3.63) is 47.2 Å². The van der Waals surface area contributed by atoms with E-state index in [1.165, 1.54) is 0 Å². The normalized spacial score (nSPS) is 13.2. The lowest BCUT2D eigenvalue weighted by molar-refractivity contribution is 0.0697. The van der Waals surface area contributed by atoms with Gasteiger partial charge in [-0.25, -0.2) is 4.79 Å². The van der Waals surface area contributed by atoms with Crippen molar-refractivity contribution in [1.82, 2.24) is 10.2 Å². The summed E-state index contributed by atoms with van der Waals surface area (Å²) in [6, 6.07) is 6.80. The van der Waals surface area contributed by atoms with Crippen molar-refractivity contribution in [3.8, 4) is 0 Å². The molecule has 0 aliphatic rings. The number of hydrogen-bond donors (Lipinski definition) is 1. The number of hydrogen-bond acceptors (Lipinski definition) is 4. The van der Waals surface area contributed by atoms with Gasteiger partial charge >= 0.3 is 5.97 Å². The van der Waals surface area contributed by atoms with Crippen molar-refractivity contribution in [2.24, 2.45) is 5.41 Å². The summed E-state index contributed by atoms with van der Waals surface area (Å²) in [6.07, 6.45) is 0. The molecule has 0 aliphatic carbocycles. The Hall–Kier alpha value is -2.17. The molecule has 0 radical (unpaired) electrons. The second-order valence-electron chi connectivity index (χ2n) is 5.89. The van der Waals surface area contributed by atoms with Crippen LogP contribution in [0.5, 0.6) is 0 Å². The van der Waals surface area contributed by atoms with E-state index >= 15 is 0 Å². The molecular weight excluding hydrogens is 256 g/mol.